The summed E-state index contributed by atoms with van der Waals surface area (Å²) in [4.78, 5) is 26.6. The van der Waals surface area contributed by atoms with Crippen LogP contribution in [0.2, 0.25) is 15.1 Å². The van der Waals surface area contributed by atoms with Gasteiger partial charge in [0.15, 0.2) is 0 Å². The molecule has 0 radical (unpaired) electrons. The van der Waals surface area contributed by atoms with Crippen molar-refractivity contribution in [2.75, 3.05) is 4.90 Å². The Morgan fingerprint density at radius 1 is 0.903 bits per heavy atom. The van der Waals surface area contributed by atoms with Crippen molar-refractivity contribution in [3.05, 3.63) is 97.8 Å². The molecule has 31 heavy (non-hydrogen) atoms. The van der Waals surface area contributed by atoms with E-state index >= 15 is 0 Å². The number of benzene rings is 3. The molecule has 3 aromatic carbocycles. The monoisotopic (exact) mass is 489 g/mol. The van der Waals surface area contributed by atoms with Crippen molar-refractivity contribution in [3.8, 4) is 5.75 Å². The lowest BCUT2D eigenvalue weighted by Gasteiger charge is -2.12. The van der Waals surface area contributed by atoms with E-state index in [0.29, 0.717) is 38.0 Å². The number of hydrogen-bond donors (Lipinski definition) is 0. The van der Waals surface area contributed by atoms with Crippen LogP contribution < -0.4 is 9.64 Å². The Balaban J connectivity index is 1.45. The van der Waals surface area contributed by atoms with E-state index in [9.17, 15) is 9.59 Å². The second kappa shape index (κ2) is 9.37. The van der Waals surface area contributed by atoms with Gasteiger partial charge in [0, 0.05) is 5.02 Å². The van der Waals surface area contributed by atoms with Crippen LogP contribution in [0.5, 0.6) is 5.75 Å². The van der Waals surface area contributed by atoms with Crippen molar-refractivity contribution in [1.82, 2.24) is 0 Å². The maximum Gasteiger partial charge on any atom is 0.298 e. The molecular weight excluding hydrogens is 477 g/mol. The van der Waals surface area contributed by atoms with E-state index in [4.69, 9.17) is 39.5 Å². The number of imide groups is 1. The first-order chi connectivity index (χ1) is 14.9. The molecular formula is C23H14Cl3NO3S. The molecule has 0 aromatic heterocycles. The van der Waals surface area contributed by atoms with Gasteiger partial charge in [-0.3, -0.25) is 9.59 Å². The van der Waals surface area contributed by atoms with Gasteiger partial charge in [-0.05, 0) is 71.4 Å². The predicted molar refractivity (Wildman–Crippen MR) is 127 cm³/mol. The first-order valence-electron chi connectivity index (χ1n) is 9.11. The summed E-state index contributed by atoms with van der Waals surface area (Å²) in [7, 11) is 0. The molecule has 1 aliphatic heterocycles. The second-order valence-electron chi connectivity index (χ2n) is 6.60. The summed E-state index contributed by atoms with van der Waals surface area (Å²) in [6, 6.07) is 19.2. The van der Waals surface area contributed by atoms with Crippen LogP contribution in [0.3, 0.4) is 0 Å². The van der Waals surface area contributed by atoms with Gasteiger partial charge in [0.1, 0.15) is 12.4 Å². The van der Waals surface area contributed by atoms with Gasteiger partial charge in [0.05, 0.1) is 20.6 Å². The number of carbonyl (C=O) groups is 2. The molecule has 0 spiro atoms. The van der Waals surface area contributed by atoms with Crippen molar-refractivity contribution < 1.29 is 14.3 Å². The van der Waals surface area contributed by atoms with Crippen LogP contribution >= 0.6 is 46.6 Å². The molecule has 156 valence electrons. The van der Waals surface area contributed by atoms with E-state index in [1.165, 1.54) is 0 Å². The molecule has 1 aliphatic rings. The van der Waals surface area contributed by atoms with E-state index in [1.807, 2.05) is 18.2 Å². The fourth-order valence-electron chi connectivity index (χ4n) is 2.91. The molecule has 0 atom stereocenters. The Kier molecular flexibility index (Phi) is 6.58. The molecule has 0 unspecified atom stereocenters. The zero-order valence-electron chi connectivity index (χ0n) is 15.8. The Morgan fingerprint density at radius 2 is 1.68 bits per heavy atom. The highest BCUT2D eigenvalue weighted by molar-refractivity contribution is 8.19. The third-order valence-electron chi connectivity index (χ3n) is 4.43. The molecule has 1 fully saturated rings. The third-order valence-corrected chi connectivity index (χ3v) is 6.27. The Morgan fingerprint density at radius 3 is 2.39 bits per heavy atom. The van der Waals surface area contributed by atoms with Gasteiger partial charge < -0.3 is 4.74 Å². The van der Waals surface area contributed by atoms with Crippen molar-refractivity contribution in [2.45, 2.75) is 6.61 Å². The number of amides is 2. The smallest absolute Gasteiger partial charge is 0.298 e. The van der Waals surface area contributed by atoms with Crippen LogP contribution in [0.15, 0.2) is 71.6 Å². The third kappa shape index (κ3) is 5.08. The fraction of sp³-hybridized carbons (Fsp3) is 0.0435. The number of nitrogens with zero attached hydrogens (tertiary/aromatic N) is 1. The molecule has 1 heterocycles. The number of ether oxygens (including phenoxy) is 1. The Labute approximate surface area is 198 Å². The molecule has 0 saturated carbocycles. The highest BCUT2D eigenvalue weighted by Crippen LogP contribution is 2.36. The Hall–Kier alpha value is -2.44. The zero-order chi connectivity index (χ0) is 22.0. The number of anilines is 1. The van der Waals surface area contributed by atoms with Gasteiger partial charge in [0.25, 0.3) is 11.1 Å². The second-order valence-corrected chi connectivity index (χ2v) is 8.85. The summed E-state index contributed by atoms with van der Waals surface area (Å²) in [6.07, 6.45) is 1.68. The van der Waals surface area contributed by atoms with Gasteiger partial charge in [-0.25, -0.2) is 4.90 Å². The van der Waals surface area contributed by atoms with E-state index in [2.05, 4.69) is 0 Å². The molecule has 3 aromatic rings. The SMILES string of the molecule is O=C1S/C(=C/c2ccc(OCc3ccc(Cl)c(Cl)c3)cc2)C(=O)N1c1cccc(Cl)c1. The molecule has 2 amide bonds. The lowest BCUT2D eigenvalue weighted by Crippen LogP contribution is -2.27. The summed E-state index contributed by atoms with van der Waals surface area (Å²) in [5.74, 6) is 0.285. The molecule has 8 heteroatoms. The highest BCUT2D eigenvalue weighted by Gasteiger charge is 2.36. The van der Waals surface area contributed by atoms with E-state index in [1.54, 1.807) is 54.6 Å². The predicted octanol–water partition coefficient (Wildman–Crippen LogP) is 7.47. The van der Waals surface area contributed by atoms with E-state index < -0.39 is 0 Å². The lowest BCUT2D eigenvalue weighted by molar-refractivity contribution is -0.113. The number of hydrogen-bond acceptors (Lipinski definition) is 4. The van der Waals surface area contributed by atoms with Crippen molar-refractivity contribution >= 4 is 69.5 Å². The van der Waals surface area contributed by atoms with Crippen molar-refractivity contribution in [1.29, 1.82) is 0 Å². The maximum atomic E-state index is 12.7. The lowest BCUT2D eigenvalue weighted by atomic mass is 10.2. The van der Waals surface area contributed by atoms with Crippen LogP contribution in [0.1, 0.15) is 11.1 Å². The van der Waals surface area contributed by atoms with Crippen LogP contribution in [0.4, 0.5) is 10.5 Å². The molecule has 0 bridgehead atoms. The zero-order valence-corrected chi connectivity index (χ0v) is 18.9. The number of thioether (sulfide) groups is 1. The minimum absolute atomic E-state index is 0.342. The summed E-state index contributed by atoms with van der Waals surface area (Å²) >= 11 is 18.8. The number of halogens is 3. The van der Waals surface area contributed by atoms with Gasteiger partial charge in [-0.15, -0.1) is 0 Å². The van der Waals surface area contributed by atoms with Crippen molar-refractivity contribution in [3.63, 3.8) is 0 Å². The first-order valence-corrected chi connectivity index (χ1v) is 11.1. The van der Waals surface area contributed by atoms with E-state index in [-0.39, 0.29) is 11.1 Å². The van der Waals surface area contributed by atoms with Gasteiger partial charge >= 0.3 is 0 Å². The van der Waals surface area contributed by atoms with Crippen LogP contribution in [0.25, 0.3) is 6.08 Å². The van der Waals surface area contributed by atoms with Gasteiger partial charge in [-0.2, -0.15) is 0 Å². The first kappa shape index (κ1) is 21.8. The fourth-order valence-corrected chi connectivity index (χ4v) is 4.26. The summed E-state index contributed by atoms with van der Waals surface area (Å²) in [5, 5.41) is 1.07. The largest absolute Gasteiger partial charge is 0.489 e. The average molecular weight is 491 g/mol. The van der Waals surface area contributed by atoms with Crippen LogP contribution in [0, 0.1) is 0 Å². The summed E-state index contributed by atoms with van der Waals surface area (Å²) < 4.78 is 5.77. The molecule has 4 rings (SSSR count). The van der Waals surface area contributed by atoms with Gasteiger partial charge in [-0.1, -0.05) is 59.1 Å². The summed E-state index contributed by atoms with van der Waals surface area (Å²) in [6.45, 7) is 0.342. The molecule has 4 nitrogen and oxygen atoms in total. The topological polar surface area (TPSA) is 46.6 Å². The minimum Gasteiger partial charge on any atom is -0.489 e. The van der Waals surface area contributed by atoms with Gasteiger partial charge in [0.2, 0.25) is 0 Å². The molecule has 1 saturated heterocycles. The van der Waals surface area contributed by atoms with E-state index in [0.717, 1.165) is 27.8 Å². The maximum absolute atomic E-state index is 12.7. The van der Waals surface area contributed by atoms with Crippen LogP contribution in [-0.2, 0) is 11.4 Å². The standard InChI is InChI=1S/C23H14Cl3NO3S/c24-16-2-1-3-17(12-16)27-22(28)21(31-23(27)29)11-14-4-7-18(8-5-14)30-13-15-6-9-19(25)20(26)10-15/h1-12H,13H2/b21-11+. The highest BCUT2D eigenvalue weighted by atomic mass is 35.5. The number of rotatable bonds is 5. The van der Waals surface area contributed by atoms with Crippen molar-refractivity contribution in [2.24, 2.45) is 0 Å². The molecule has 0 N–H and O–H groups in total. The average Bonchev–Trinajstić information content (AvgIpc) is 3.03. The normalized spacial score (nSPS) is 15.1. The van der Waals surface area contributed by atoms with Crippen LogP contribution in [-0.4, -0.2) is 11.1 Å². The minimum atomic E-state index is -0.378. The number of carbonyl (C=O) groups excluding carboxylic acids is 2. The Bertz CT molecular complexity index is 1190. The molecule has 0 aliphatic carbocycles. The summed E-state index contributed by atoms with van der Waals surface area (Å²) in [5.41, 5.74) is 2.12. The quantitative estimate of drug-likeness (QED) is 0.348.